The summed E-state index contributed by atoms with van der Waals surface area (Å²) in [5, 5.41) is 23.0. The summed E-state index contributed by atoms with van der Waals surface area (Å²) >= 11 is 0. The Kier molecular flexibility index (Phi) is 14.8. The van der Waals surface area contributed by atoms with Crippen LogP contribution in [-0.2, 0) is 44.6 Å². The first kappa shape index (κ1) is 45.9. The van der Waals surface area contributed by atoms with E-state index in [0.717, 1.165) is 5.56 Å². The molecule has 0 saturated carbocycles. The van der Waals surface area contributed by atoms with Crippen molar-refractivity contribution >= 4 is 29.4 Å². The Bertz CT molecular complexity index is 1790. The molecule has 5 rings (SSSR count). The fourth-order valence-corrected chi connectivity index (χ4v) is 8.92. The average Bonchev–Trinajstić information content (AvgIpc) is 3.77. The number of nitrogens with two attached hydrogens (primary N) is 1. The van der Waals surface area contributed by atoms with E-state index in [-0.39, 0.29) is 37.6 Å². The number of Topliss-reactive ketones (excluding diaryl/α,β-unsaturated/α-hetero) is 1. The van der Waals surface area contributed by atoms with Gasteiger partial charge in [0.1, 0.15) is 23.8 Å². The lowest BCUT2D eigenvalue weighted by molar-refractivity contribution is -0.295. The van der Waals surface area contributed by atoms with Crippen molar-refractivity contribution in [1.82, 2.24) is 30.1 Å². The summed E-state index contributed by atoms with van der Waals surface area (Å²) in [7, 11) is 5.27. The van der Waals surface area contributed by atoms with Crippen LogP contribution in [0.5, 0.6) is 0 Å². The minimum Gasteiger partial charge on any atom is -0.457 e. The molecule has 3 saturated heterocycles. The minimum atomic E-state index is -1.58. The van der Waals surface area contributed by atoms with Gasteiger partial charge in [-0.15, -0.1) is 5.10 Å². The Morgan fingerprint density at radius 1 is 1.08 bits per heavy atom. The molecule has 0 radical (unpaired) electrons. The quantitative estimate of drug-likeness (QED) is 0.128. The second-order valence-electron chi connectivity index (χ2n) is 17.3. The molecule has 3 aliphatic rings. The number of unbranched alkanes of at least 4 members (excludes halogenated alkanes) is 1. The molecule has 0 spiro atoms. The maximum atomic E-state index is 14.4. The molecule has 4 N–H and O–H groups in total. The SMILES string of the molecule is CC[C@H]1OC(=O)C(C)C(=O)[C@H](C)[C@@H](O[C@@H]2O[C@H](C)CC(N(C)C)[C@H]2O)[C@](C)(OC)C[C@@H](C)CNC(=O)[C@H]2N(CCCCn3cc(-c4cccc(N)c4)nn3)C(=O)O[C@]12C. The molecule has 2 unspecified atom stereocenters. The van der Waals surface area contributed by atoms with Crippen LogP contribution in [0.25, 0.3) is 11.3 Å². The molecule has 3 aliphatic heterocycles. The number of amides is 2. The number of methoxy groups -OCH3 is 1. The number of carbonyl (C=O) groups excluding carboxylic acids is 4. The van der Waals surface area contributed by atoms with E-state index < -0.39 is 77.4 Å². The van der Waals surface area contributed by atoms with Gasteiger partial charge in [-0.3, -0.25) is 24.0 Å². The molecule has 1 aromatic carbocycles. The highest BCUT2D eigenvalue weighted by Crippen LogP contribution is 2.39. The van der Waals surface area contributed by atoms with Gasteiger partial charge in [0.25, 0.3) is 0 Å². The molecule has 17 nitrogen and oxygen atoms in total. The van der Waals surface area contributed by atoms with E-state index in [0.29, 0.717) is 43.6 Å². The number of nitrogen functional groups attached to an aromatic ring is 1. The predicted octanol–water partition coefficient (Wildman–Crippen LogP) is 3.42. The number of hydrogen-bond acceptors (Lipinski definition) is 14. The molecule has 59 heavy (non-hydrogen) atoms. The van der Waals surface area contributed by atoms with E-state index in [9.17, 15) is 24.3 Å². The van der Waals surface area contributed by atoms with Gasteiger partial charge >= 0.3 is 12.1 Å². The van der Waals surface area contributed by atoms with Crippen molar-refractivity contribution in [3.63, 3.8) is 0 Å². The average molecular weight is 828 g/mol. The van der Waals surface area contributed by atoms with E-state index in [4.69, 9.17) is 29.4 Å². The lowest BCUT2D eigenvalue weighted by Crippen LogP contribution is -2.60. The zero-order valence-electron chi connectivity index (χ0n) is 36.3. The fraction of sp³-hybridized carbons (Fsp3) is 0.714. The van der Waals surface area contributed by atoms with Gasteiger partial charge in [0.05, 0.1) is 24.0 Å². The first-order chi connectivity index (χ1) is 27.8. The third-order valence-electron chi connectivity index (χ3n) is 12.4. The number of anilines is 1. The van der Waals surface area contributed by atoms with E-state index in [2.05, 4.69) is 15.6 Å². The second-order valence-corrected chi connectivity index (χ2v) is 17.3. The zero-order valence-corrected chi connectivity index (χ0v) is 36.3. The number of nitrogens with zero attached hydrogens (tertiary/aromatic N) is 5. The van der Waals surface area contributed by atoms with Gasteiger partial charge in [-0.2, -0.15) is 0 Å². The summed E-state index contributed by atoms with van der Waals surface area (Å²) in [5.41, 5.74) is 5.36. The highest BCUT2D eigenvalue weighted by molar-refractivity contribution is 6.00. The molecule has 4 heterocycles. The van der Waals surface area contributed by atoms with Crippen molar-refractivity contribution in [3.8, 4) is 11.3 Å². The van der Waals surface area contributed by atoms with Crippen molar-refractivity contribution in [2.45, 2.75) is 141 Å². The maximum Gasteiger partial charge on any atom is 0.411 e. The fourth-order valence-electron chi connectivity index (χ4n) is 8.92. The van der Waals surface area contributed by atoms with Crippen LogP contribution in [0.15, 0.2) is 30.5 Å². The van der Waals surface area contributed by atoms with Gasteiger partial charge in [0.15, 0.2) is 23.7 Å². The van der Waals surface area contributed by atoms with Gasteiger partial charge in [-0.25, -0.2) is 4.79 Å². The number of fused-ring (bicyclic) bond motifs is 1. The number of ketones is 1. The van der Waals surface area contributed by atoms with Crippen LogP contribution >= 0.6 is 0 Å². The van der Waals surface area contributed by atoms with Crippen LogP contribution in [0.2, 0.25) is 0 Å². The first-order valence-electron chi connectivity index (χ1n) is 20.8. The van der Waals surface area contributed by atoms with Crippen molar-refractivity contribution in [2.75, 3.05) is 40.0 Å². The van der Waals surface area contributed by atoms with E-state index in [1.54, 1.807) is 31.5 Å². The number of ether oxygens (including phenoxy) is 5. The van der Waals surface area contributed by atoms with Crippen molar-refractivity contribution in [1.29, 1.82) is 0 Å². The molecule has 0 bridgehead atoms. The zero-order chi connectivity index (χ0) is 43.4. The van der Waals surface area contributed by atoms with Crippen molar-refractivity contribution in [3.05, 3.63) is 30.5 Å². The normalized spacial score (nSPS) is 35.1. The Hall–Kier alpha value is -4.16. The Balaban J connectivity index is 1.38. The molecule has 328 valence electrons. The smallest absolute Gasteiger partial charge is 0.411 e. The monoisotopic (exact) mass is 827 g/mol. The number of benzene rings is 1. The van der Waals surface area contributed by atoms with Gasteiger partial charge in [-0.1, -0.05) is 38.1 Å². The summed E-state index contributed by atoms with van der Waals surface area (Å²) in [5.74, 6) is -4.18. The van der Waals surface area contributed by atoms with Crippen molar-refractivity contribution in [2.24, 2.45) is 17.8 Å². The first-order valence-corrected chi connectivity index (χ1v) is 20.8. The lowest BCUT2D eigenvalue weighted by Gasteiger charge is -2.46. The molecular weight excluding hydrogens is 763 g/mol. The predicted molar refractivity (Wildman–Crippen MR) is 218 cm³/mol. The van der Waals surface area contributed by atoms with Crippen LogP contribution < -0.4 is 11.1 Å². The van der Waals surface area contributed by atoms with E-state index >= 15 is 0 Å². The molecule has 17 heteroatoms. The Morgan fingerprint density at radius 2 is 1.80 bits per heavy atom. The van der Waals surface area contributed by atoms with Crippen LogP contribution in [0, 0.1) is 17.8 Å². The van der Waals surface area contributed by atoms with Crippen molar-refractivity contribution < 1.29 is 48.0 Å². The molecular formula is C42H65N7O10. The Labute approximate surface area is 347 Å². The van der Waals surface area contributed by atoms with Crippen LogP contribution in [-0.4, -0.2) is 142 Å². The standard InChI is InChI=1S/C42H65N7O10/c1-11-32-42(7)35(49(40(54)59-42)18-13-12-17-48-23-30(45-46-48)28-15-14-16-29(43)20-28)37(52)44-22-24(2)21-41(6,55-10)36(26(4)33(50)27(5)38(53)57-32)58-39-34(51)31(47(8)9)19-25(3)56-39/h14-16,20,23-27,31-32,34-36,39,51H,11-13,17-19,21-22,43H2,1-10H3,(H,44,52)/t24-,25-,26+,27?,31?,32-,34-,35-,36-,39+,41-,42-/m1/s1. The highest BCUT2D eigenvalue weighted by atomic mass is 16.7. The number of aromatic nitrogens is 3. The van der Waals surface area contributed by atoms with E-state index in [1.165, 1.54) is 18.9 Å². The van der Waals surface area contributed by atoms with Gasteiger partial charge < -0.3 is 44.7 Å². The second kappa shape index (κ2) is 19.0. The summed E-state index contributed by atoms with van der Waals surface area (Å²) in [6.07, 6.45) is -1.12. The number of nitrogens with one attached hydrogen (secondary N) is 1. The van der Waals surface area contributed by atoms with Crippen LogP contribution in [0.4, 0.5) is 10.5 Å². The number of likely N-dealkylation sites (N-methyl/N-ethyl adjacent to an activating group) is 1. The molecule has 1 aromatic heterocycles. The largest absolute Gasteiger partial charge is 0.457 e. The lowest BCUT2D eigenvalue weighted by atomic mass is 9.78. The maximum absolute atomic E-state index is 14.4. The third-order valence-corrected chi connectivity index (χ3v) is 12.4. The number of rotatable bonds is 11. The summed E-state index contributed by atoms with van der Waals surface area (Å²) in [4.78, 5) is 59.6. The number of carbonyl (C=O) groups is 4. The van der Waals surface area contributed by atoms with Crippen LogP contribution in [0.1, 0.15) is 80.6 Å². The van der Waals surface area contributed by atoms with Gasteiger partial charge in [0.2, 0.25) is 5.91 Å². The number of cyclic esters (lactones) is 1. The van der Waals surface area contributed by atoms with Gasteiger partial charge in [-0.05, 0) is 91.9 Å². The topological polar surface area (TPSA) is 210 Å². The van der Waals surface area contributed by atoms with Gasteiger partial charge in [0, 0.05) is 50.0 Å². The number of aliphatic hydroxyl groups is 1. The summed E-state index contributed by atoms with van der Waals surface area (Å²) in [6.45, 7) is 13.0. The molecule has 2 amide bonds. The van der Waals surface area contributed by atoms with Crippen LogP contribution in [0.3, 0.4) is 0 Å². The number of aryl methyl sites for hydroxylation is 1. The molecule has 3 fully saturated rings. The summed E-state index contributed by atoms with van der Waals surface area (Å²) in [6, 6.07) is 5.96. The highest BCUT2D eigenvalue weighted by Gasteiger charge is 2.60. The molecule has 12 atom stereocenters. The molecule has 0 aliphatic carbocycles. The third kappa shape index (κ3) is 10.1. The minimum absolute atomic E-state index is 0.179. The number of aliphatic hydroxyl groups excluding tert-OH is 1. The number of esters is 1. The number of hydrogen-bond donors (Lipinski definition) is 3. The molecule has 2 aromatic rings. The Morgan fingerprint density at radius 3 is 2.46 bits per heavy atom. The summed E-state index contributed by atoms with van der Waals surface area (Å²) < 4.78 is 32.6. The van der Waals surface area contributed by atoms with E-state index in [1.807, 2.05) is 64.2 Å².